The van der Waals surface area contributed by atoms with Crippen molar-refractivity contribution in [3.8, 4) is 0 Å². The van der Waals surface area contributed by atoms with Gasteiger partial charge in [-0.15, -0.1) is 0 Å². The summed E-state index contributed by atoms with van der Waals surface area (Å²) < 4.78 is 2.09. The number of hydrogen-bond donors (Lipinski definition) is 2. The molecule has 1 atom stereocenters. The van der Waals surface area contributed by atoms with Gasteiger partial charge in [-0.2, -0.15) is 0 Å². The Bertz CT molecular complexity index is 446. The molecule has 1 aromatic heterocycles. The van der Waals surface area contributed by atoms with Crippen LogP contribution in [0.1, 0.15) is 25.1 Å². The van der Waals surface area contributed by atoms with Crippen LogP contribution >= 0.6 is 0 Å². The number of amides is 1. The van der Waals surface area contributed by atoms with Crippen molar-refractivity contribution in [3.63, 3.8) is 0 Å². The molecule has 0 saturated carbocycles. The van der Waals surface area contributed by atoms with Gasteiger partial charge in [-0.25, -0.2) is 4.98 Å². The lowest BCUT2D eigenvalue weighted by atomic mass is 9.89. The summed E-state index contributed by atoms with van der Waals surface area (Å²) in [6.45, 7) is 5.13. The number of carbonyl (C=O) groups is 1. The second kappa shape index (κ2) is 5.71. The molecule has 3 N–H and O–H groups in total. The third-order valence-corrected chi connectivity index (χ3v) is 3.72. The number of hydrogen-bond acceptors (Lipinski definition) is 4. The summed E-state index contributed by atoms with van der Waals surface area (Å²) in [4.78, 5) is 17.4. The van der Waals surface area contributed by atoms with Crippen molar-refractivity contribution < 1.29 is 9.90 Å². The van der Waals surface area contributed by atoms with Crippen LogP contribution in [0.4, 0.5) is 0 Å². The van der Waals surface area contributed by atoms with Gasteiger partial charge in [-0.3, -0.25) is 9.69 Å². The highest BCUT2D eigenvalue weighted by atomic mass is 16.3. The van der Waals surface area contributed by atoms with Gasteiger partial charge in [-0.05, 0) is 26.3 Å². The molecular weight excluding hydrogens is 244 g/mol. The number of β-amino-alcohol motifs (C(OH)–C–C–N with tert-alkyl or cyclic N) is 1. The van der Waals surface area contributed by atoms with Crippen molar-refractivity contribution in [2.24, 2.45) is 5.73 Å². The predicted molar refractivity (Wildman–Crippen MR) is 71.4 cm³/mol. The van der Waals surface area contributed by atoms with Crippen LogP contribution in [0.15, 0.2) is 12.4 Å². The van der Waals surface area contributed by atoms with Gasteiger partial charge in [0.2, 0.25) is 5.91 Å². The van der Waals surface area contributed by atoms with Crippen LogP contribution in [0.3, 0.4) is 0 Å². The SMILES string of the molecule is Cc1nccn1CCN1CCCC(O)(CC(N)=O)C1. The molecule has 1 amide bonds. The zero-order chi connectivity index (χ0) is 13.9. The van der Waals surface area contributed by atoms with Crippen molar-refractivity contribution in [3.05, 3.63) is 18.2 Å². The Labute approximate surface area is 113 Å². The summed E-state index contributed by atoms with van der Waals surface area (Å²) >= 11 is 0. The molecule has 0 aromatic carbocycles. The molecule has 0 spiro atoms. The molecule has 1 aromatic rings. The van der Waals surface area contributed by atoms with Crippen LogP contribution in [0.25, 0.3) is 0 Å². The van der Waals surface area contributed by atoms with Crippen LogP contribution in [-0.2, 0) is 11.3 Å². The van der Waals surface area contributed by atoms with Crippen LogP contribution < -0.4 is 5.73 Å². The monoisotopic (exact) mass is 266 g/mol. The lowest BCUT2D eigenvalue weighted by molar-refractivity contribution is -0.125. The van der Waals surface area contributed by atoms with E-state index in [1.807, 2.05) is 13.1 Å². The van der Waals surface area contributed by atoms with E-state index in [-0.39, 0.29) is 6.42 Å². The average molecular weight is 266 g/mol. The van der Waals surface area contributed by atoms with E-state index in [2.05, 4.69) is 14.5 Å². The summed E-state index contributed by atoms with van der Waals surface area (Å²) in [6.07, 6.45) is 5.33. The van der Waals surface area contributed by atoms with Gasteiger partial charge in [0.1, 0.15) is 5.82 Å². The number of aromatic nitrogens is 2. The van der Waals surface area contributed by atoms with Gasteiger partial charge < -0.3 is 15.4 Å². The van der Waals surface area contributed by atoms with Crippen LogP contribution in [-0.4, -0.2) is 50.7 Å². The van der Waals surface area contributed by atoms with Crippen molar-refractivity contribution in [1.29, 1.82) is 0 Å². The summed E-state index contributed by atoms with van der Waals surface area (Å²) in [5.74, 6) is 0.555. The summed E-state index contributed by atoms with van der Waals surface area (Å²) in [6, 6.07) is 0. The molecule has 1 saturated heterocycles. The van der Waals surface area contributed by atoms with E-state index in [0.29, 0.717) is 13.0 Å². The number of piperidine rings is 1. The maximum atomic E-state index is 11.0. The number of aliphatic hydroxyl groups is 1. The zero-order valence-corrected chi connectivity index (χ0v) is 11.4. The Hall–Kier alpha value is -1.40. The number of likely N-dealkylation sites (tertiary alicyclic amines) is 1. The van der Waals surface area contributed by atoms with Gasteiger partial charge in [0.25, 0.3) is 0 Å². The predicted octanol–water partition coefficient (Wildman–Crippen LogP) is -0.106. The molecule has 2 rings (SSSR count). The first-order valence-electron chi connectivity index (χ1n) is 6.69. The molecule has 1 aliphatic rings. The third kappa shape index (κ3) is 3.78. The molecule has 1 aliphatic heterocycles. The molecule has 0 bridgehead atoms. The van der Waals surface area contributed by atoms with E-state index in [4.69, 9.17) is 5.73 Å². The second-order valence-electron chi connectivity index (χ2n) is 5.41. The Kier molecular flexibility index (Phi) is 4.21. The van der Waals surface area contributed by atoms with E-state index >= 15 is 0 Å². The minimum atomic E-state index is -0.950. The Morgan fingerprint density at radius 2 is 2.37 bits per heavy atom. The maximum absolute atomic E-state index is 11.0. The van der Waals surface area contributed by atoms with Crippen molar-refractivity contribution >= 4 is 5.91 Å². The van der Waals surface area contributed by atoms with Gasteiger partial charge in [0.15, 0.2) is 0 Å². The first-order chi connectivity index (χ1) is 8.98. The fourth-order valence-electron chi connectivity index (χ4n) is 2.75. The first kappa shape index (κ1) is 14.0. The second-order valence-corrected chi connectivity index (χ2v) is 5.41. The van der Waals surface area contributed by atoms with Crippen LogP contribution in [0.5, 0.6) is 0 Å². The van der Waals surface area contributed by atoms with Gasteiger partial charge >= 0.3 is 0 Å². The molecular formula is C13H22N4O2. The zero-order valence-electron chi connectivity index (χ0n) is 11.4. The smallest absolute Gasteiger partial charge is 0.220 e. The van der Waals surface area contributed by atoms with E-state index < -0.39 is 11.5 Å². The maximum Gasteiger partial charge on any atom is 0.220 e. The topological polar surface area (TPSA) is 84.4 Å². The fraction of sp³-hybridized carbons (Fsp3) is 0.692. The van der Waals surface area contributed by atoms with E-state index in [1.54, 1.807) is 6.20 Å². The molecule has 0 aliphatic carbocycles. The summed E-state index contributed by atoms with van der Waals surface area (Å²) in [5, 5.41) is 10.4. The van der Waals surface area contributed by atoms with E-state index in [1.165, 1.54) is 0 Å². The van der Waals surface area contributed by atoms with Gasteiger partial charge in [0, 0.05) is 32.0 Å². The quantitative estimate of drug-likeness (QED) is 0.779. The highest BCUT2D eigenvalue weighted by Crippen LogP contribution is 2.24. The Balaban J connectivity index is 1.87. The molecule has 2 heterocycles. The lowest BCUT2D eigenvalue weighted by Gasteiger charge is -2.38. The fourth-order valence-corrected chi connectivity index (χ4v) is 2.75. The first-order valence-corrected chi connectivity index (χ1v) is 6.69. The minimum Gasteiger partial charge on any atom is -0.388 e. The van der Waals surface area contributed by atoms with E-state index in [9.17, 15) is 9.90 Å². The average Bonchev–Trinajstić information content (AvgIpc) is 2.70. The number of rotatable bonds is 5. The Morgan fingerprint density at radius 1 is 1.58 bits per heavy atom. The number of nitrogens with zero attached hydrogens (tertiary/aromatic N) is 3. The summed E-state index contributed by atoms with van der Waals surface area (Å²) in [7, 11) is 0. The van der Waals surface area contributed by atoms with Gasteiger partial charge in [-0.1, -0.05) is 0 Å². The molecule has 19 heavy (non-hydrogen) atoms. The third-order valence-electron chi connectivity index (χ3n) is 3.72. The number of primary amides is 1. The highest BCUT2D eigenvalue weighted by molar-refractivity contribution is 5.75. The number of nitrogens with two attached hydrogens (primary N) is 1. The minimum absolute atomic E-state index is 0.0492. The van der Waals surface area contributed by atoms with Crippen LogP contribution in [0, 0.1) is 6.92 Å². The Morgan fingerprint density at radius 3 is 3.00 bits per heavy atom. The van der Waals surface area contributed by atoms with E-state index in [0.717, 1.165) is 31.9 Å². The lowest BCUT2D eigenvalue weighted by Crippen LogP contribution is -2.50. The number of aryl methyl sites for hydroxylation is 1. The molecule has 1 unspecified atom stereocenters. The van der Waals surface area contributed by atoms with Crippen LogP contribution in [0.2, 0.25) is 0 Å². The standard InChI is InChI=1S/C13H22N4O2/c1-11-15-4-6-17(11)8-7-16-5-2-3-13(19,10-16)9-12(14)18/h4,6,19H,2-3,5,7-10H2,1H3,(H2,14,18). The summed E-state index contributed by atoms with van der Waals surface area (Å²) in [5.41, 5.74) is 4.24. The van der Waals surface area contributed by atoms with Crippen molar-refractivity contribution in [2.45, 2.75) is 38.3 Å². The molecule has 106 valence electrons. The van der Waals surface area contributed by atoms with Crippen molar-refractivity contribution in [2.75, 3.05) is 19.6 Å². The molecule has 1 fully saturated rings. The molecule has 6 heteroatoms. The molecule has 6 nitrogen and oxygen atoms in total. The normalized spacial score (nSPS) is 24.5. The molecule has 0 radical (unpaired) electrons. The number of imidazole rings is 1. The number of carbonyl (C=O) groups excluding carboxylic acids is 1. The highest BCUT2D eigenvalue weighted by Gasteiger charge is 2.34. The van der Waals surface area contributed by atoms with Crippen molar-refractivity contribution in [1.82, 2.24) is 14.5 Å². The van der Waals surface area contributed by atoms with Gasteiger partial charge in [0.05, 0.1) is 12.0 Å². The largest absolute Gasteiger partial charge is 0.388 e.